The molecule has 0 aliphatic rings. The quantitative estimate of drug-likeness (QED) is 0.113. The van der Waals surface area contributed by atoms with E-state index in [4.69, 9.17) is 0 Å². The van der Waals surface area contributed by atoms with Gasteiger partial charge in [0.1, 0.15) is 0 Å². The van der Waals surface area contributed by atoms with E-state index in [9.17, 15) is 0 Å². The maximum absolute atomic E-state index is 2.59. The van der Waals surface area contributed by atoms with Gasteiger partial charge in [-0.3, -0.25) is 0 Å². The average Bonchev–Trinajstić information content (AvgIpc) is 4.45. The smallest absolute Gasteiger partial charge is 0.0776 e. The van der Waals surface area contributed by atoms with Gasteiger partial charge in [-0.25, -0.2) is 0 Å². The van der Waals surface area contributed by atoms with Crippen molar-refractivity contribution in [3.63, 3.8) is 0 Å². The van der Waals surface area contributed by atoms with Crippen molar-refractivity contribution in [1.29, 1.82) is 0 Å². The molecule has 0 aliphatic carbocycles. The summed E-state index contributed by atoms with van der Waals surface area (Å²) in [4.78, 5) is 5.16. The van der Waals surface area contributed by atoms with Crippen molar-refractivity contribution in [2.24, 2.45) is 0 Å². The Kier molecular flexibility index (Phi) is 11.9. The van der Waals surface area contributed by atoms with Crippen LogP contribution in [0.25, 0.3) is 98.4 Å². The Bertz CT molecular complexity index is 4730. The first kappa shape index (κ1) is 51.9. The molecule has 4 heterocycles. The Morgan fingerprint density at radius 2 is 0.690 bits per heavy atom. The first-order chi connectivity index (χ1) is 40.6. The standard InChI is InChI=1S/C78H70N4Si2/c1-49(2)53-35-39-69(63(43-53)51-23-13-11-14-24-51)79(55-27-21-29-57(45-55)83(5,6)7)71-41-37-59-65-47-74-66(48-73(65)81-67-33-19-17-31-61(67)75(71)77(59)81)60-38-42-72(76-62-32-18-20-34-68(62)82(74)78(60)76)80(56-28-22-30-58(46-56)84(8,9)10)70-40-36-54(50(3)4)44-64(70)52-25-15-12-16-26-52/h11-50H,1-10H3. The van der Waals surface area contributed by atoms with Gasteiger partial charge in [0.25, 0.3) is 0 Å². The second-order valence-electron chi connectivity index (χ2n) is 26.2. The third kappa shape index (κ3) is 8.05. The number of fused-ring (bicyclic) bond motifs is 12. The fourth-order valence-corrected chi connectivity index (χ4v) is 16.2. The molecule has 0 radical (unpaired) electrons. The van der Waals surface area contributed by atoms with Gasteiger partial charge in [-0.1, -0.05) is 223 Å². The lowest BCUT2D eigenvalue weighted by molar-refractivity contribution is 0.867. The zero-order valence-corrected chi connectivity index (χ0v) is 51.9. The fraction of sp³-hybridized carbons (Fsp3) is 0.154. The van der Waals surface area contributed by atoms with Crippen molar-refractivity contribution in [1.82, 2.24) is 8.80 Å². The van der Waals surface area contributed by atoms with Crippen molar-refractivity contribution >= 4 is 137 Å². The predicted molar refractivity (Wildman–Crippen MR) is 370 cm³/mol. The van der Waals surface area contributed by atoms with Gasteiger partial charge in [0.05, 0.1) is 72.0 Å². The van der Waals surface area contributed by atoms with Crippen molar-refractivity contribution in [3.05, 3.63) is 242 Å². The highest BCUT2D eigenvalue weighted by Gasteiger charge is 2.31. The van der Waals surface area contributed by atoms with Crippen molar-refractivity contribution in [3.8, 4) is 22.3 Å². The van der Waals surface area contributed by atoms with Gasteiger partial charge in [-0.05, 0) is 119 Å². The van der Waals surface area contributed by atoms with E-state index in [1.807, 2.05) is 0 Å². The predicted octanol–water partition coefficient (Wildman–Crippen LogP) is 21.6. The number of hydrogen-bond acceptors (Lipinski definition) is 2. The molecule has 0 aliphatic heterocycles. The van der Waals surface area contributed by atoms with Gasteiger partial charge in [-0.15, -0.1) is 0 Å². The largest absolute Gasteiger partial charge is 0.309 e. The number of hydrogen-bond donors (Lipinski definition) is 0. The number of rotatable bonds is 12. The zero-order chi connectivity index (χ0) is 57.5. The molecule has 0 saturated carbocycles. The highest BCUT2D eigenvalue weighted by Crippen LogP contribution is 2.53. The number of para-hydroxylation sites is 2. The van der Waals surface area contributed by atoms with E-state index in [-0.39, 0.29) is 0 Å². The lowest BCUT2D eigenvalue weighted by atomic mass is 9.94. The van der Waals surface area contributed by atoms with Crippen LogP contribution in [-0.4, -0.2) is 24.9 Å². The summed E-state index contributed by atoms with van der Waals surface area (Å²) < 4.78 is 5.18. The first-order valence-electron chi connectivity index (χ1n) is 30.1. The van der Waals surface area contributed by atoms with Gasteiger partial charge in [0.2, 0.25) is 0 Å². The van der Waals surface area contributed by atoms with Crippen LogP contribution in [0.1, 0.15) is 50.7 Å². The monoisotopic (exact) mass is 1120 g/mol. The molecule has 0 atom stereocenters. The SMILES string of the molecule is CC(C)c1ccc(N(c2cccc([Si](C)(C)C)c2)c2ccc3c4cc5c(cc4n4c6ccccc6c2c34)c2ccc(N(c3cccc([Si](C)(C)C)c3)c3ccc(C(C)C)cc3-c3ccccc3)c3c4ccccc4n5c23)c(-c2ccccc2)c1. The summed E-state index contributed by atoms with van der Waals surface area (Å²) in [7, 11) is -3.43. The molecule has 4 aromatic heterocycles. The number of aromatic nitrogens is 2. The molecule has 0 amide bonds. The van der Waals surface area contributed by atoms with Crippen LogP contribution in [0.4, 0.5) is 34.1 Å². The zero-order valence-electron chi connectivity index (χ0n) is 49.9. The molecular formula is C78H70N4Si2. The van der Waals surface area contributed by atoms with Gasteiger partial charge in [0, 0.05) is 65.6 Å². The van der Waals surface area contributed by atoms with E-state index in [0.29, 0.717) is 11.8 Å². The van der Waals surface area contributed by atoms with E-state index in [0.717, 1.165) is 0 Å². The molecule has 15 aromatic rings. The second-order valence-corrected chi connectivity index (χ2v) is 36.3. The molecule has 0 saturated heterocycles. The van der Waals surface area contributed by atoms with E-state index in [1.165, 1.54) is 154 Å². The summed E-state index contributed by atoms with van der Waals surface area (Å²) in [6.45, 7) is 23.9. The molecule has 0 unspecified atom stereocenters. The third-order valence-corrected chi connectivity index (χ3v) is 22.3. The average molecular weight is 1120 g/mol. The molecule has 6 heteroatoms. The highest BCUT2D eigenvalue weighted by molar-refractivity contribution is 6.89. The van der Waals surface area contributed by atoms with Crippen LogP contribution in [-0.2, 0) is 0 Å². The van der Waals surface area contributed by atoms with Gasteiger partial charge in [0.15, 0.2) is 0 Å². The summed E-state index contributed by atoms with van der Waals surface area (Å²) in [5, 5.41) is 12.9. The van der Waals surface area contributed by atoms with Crippen molar-refractivity contribution < 1.29 is 0 Å². The Hall–Kier alpha value is -8.95. The summed E-state index contributed by atoms with van der Waals surface area (Å²) in [5.74, 6) is 0.761. The summed E-state index contributed by atoms with van der Waals surface area (Å²) >= 11 is 0. The minimum atomic E-state index is -1.72. The van der Waals surface area contributed by atoms with Crippen molar-refractivity contribution in [2.75, 3.05) is 9.80 Å². The lowest BCUT2D eigenvalue weighted by Gasteiger charge is -2.30. The lowest BCUT2D eigenvalue weighted by Crippen LogP contribution is -2.37. The fourth-order valence-electron chi connectivity index (χ4n) is 13.8. The normalized spacial score (nSPS) is 12.6. The van der Waals surface area contributed by atoms with Crippen LogP contribution >= 0.6 is 0 Å². The summed E-state index contributed by atoms with van der Waals surface area (Å²) in [6, 6.07) is 88.2. The maximum Gasteiger partial charge on any atom is 0.0776 e. The molecule has 84 heavy (non-hydrogen) atoms. The topological polar surface area (TPSA) is 15.3 Å². The van der Waals surface area contributed by atoms with Crippen molar-refractivity contribution in [2.45, 2.75) is 78.8 Å². The maximum atomic E-state index is 2.59. The van der Waals surface area contributed by atoms with Gasteiger partial charge in [-0.2, -0.15) is 0 Å². The van der Waals surface area contributed by atoms with Crippen LogP contribution in [0, 0.1) is 0 Å². The molecule has 0 spiro atoms. The molecule has 4 nitrogen and oxygen atoms in total. The van der Waals surface area contributed by atoms with Gasteiger partial charge < -0.3 is 18.6 Å². The summed E-state index contributed by atoms with van der Waals surface area (Å²) in [5.41, 5.74) is 22.0. The summed E-state index contributed by atoms with van der Waals surface area (Å²) in [6.07, 6.45) is 0. The number of benzene rings is 11. The molecule has 0 bridgehead atoms. The molecule has 0 fully saturated rings. The number of nitrogens with zero attached hydrogens (tertiary/aromatic N) is 4. The Balaban J connectivity index is 1.01. The molecule has 15 rings (SSSR count). The van der Waals surface area contributed by atoms with E-state index in [1.54, 1.807) is 0 Å². The van der Waals surface area contributed by atoms with E-state index < -0.39 is 16.1 Å². The van der Waals surface area contributed by atoms with Crippen LogP contribution in [0.5, 0.6) is 0 Å². The number of anilines is 6. The molecule has 0 N–H and O–H groups in total. The van der Waals surface area contributed by atoms with Gasteiger partial charge >= 0.3 is 0 Å². The Morgan fingerprint density at radius 3 is 1.08 bits per heavy atom. The Morgan fingerprint density at radius 1 is 0.310 bits per heavy atom. The molecular weight excluding hydrogens is 1050 g/mol. The minimum absolute atomic E-state index is 0.380. The first-order valence-corrected chi connectivity index (χ1v) is 37.1. The van der Waals surface area contributed by atoms with Crippen LogP contribution in [0.2, 0.25) is 39.3 Å². The van der Waals surface area contributed by atoms with Crippen LogP contribution in [0.15, 0.2) is 231 Å². The molecule has 11 aromatic carbocycles. The highest BCUT2D eigenvalue weighted by atomic mass is 28.3. The Labute approximate surface area is 495 Å². The third-order valence-electron chi connectivity index (χ3n) is 18.2. The van der Waals surface area contributed by atoms with E-state index in [2.05, 4.69) is 316 Å². The minimum Gasteiger partial charge on any atom is -0.309 e. The van der Waals surface area contributed by atoms with E-state index >= 15 is 0 Å². The molecule has 410 valence electrons. The van der Waals surface area contributed by atoms with Crippen LogP contribution in [0.3, 0.4) is 0 Å². The second kappa shape index (κ2) is 19.3. The van der Waals surface area contributed by atoms with Crippen LogP contribution < -0.4 is 20.2 Å².